The van der Waals surface area contributed by atoms with Crippen LogP contribution in [-0.2, 0) is 25.4 Å². The van der Waals surface area contributed by atoms with E-state index in [0.29, 0.717) is 30.3 Å². The zero-order valence-electron chi connectivity index (χ0n) is 16.7. The van der Waals surface area contributed by atoms with E-state index in [-0.39, 0.29) is 36.4 Å². The highest BCUT2D eigenvalue weighted by atomic mass is 16.7. The lowest BCUT2D eigenvalue weighted by molar-refractivity contribution is -0.141. The molecule has 0 N–H and O–H groups in total. The Morgan fingerprint density at radius 1 is 0.966 bits per heavy atom. The van der Waals surface area contributed by atoms with Crippen molar-refractivity contribution in [2.75, 3.05) is 34.7 Å². The van der Waals surface area contributed by atoms with Gasteiger partial charge in [0.25, 0.3) is 0 Å². The van der Waals surface area contributed by atoms with E-state index < -0.39 is 0 Å². The molecule has 1 aromatic rings. The maximum absolute atomic E-state index is 12.5. The molecule has 2 saturated heterocycles. The van der Waals surface area contributed by atoms with Crippen LogP contribution in [0.2, 0.25) is 0 Å². The Morgan fingerprint density at radius 2 is 1.72 bits per heavy atom. The first-order valence-electron chi connectivity index (χ1n) is 9.82. The quantitative estimate of drug-likeness (QED) is 0.723. The number of rotatable bonds is 3. The van der Waals surface area contributed by atoms with Crippen LogP contribution in [0.15, 0.2) is 29.7 Å². The number of allylic oxidation sites excluding steroid dienone is 2. The van der Waals surface area contributed by atoms with Crippen LogP contribution in [0.5, 0.6) is 17.2 Å². The van der Waals surface area contributed by atoms with Gasteiger partial charge in [0.15, 0.2) is 23.0 Å². The van der Waals surface area contributed by atoms with Crippen molar-refractivity contribution in [2.24, 2.45) is 17.8 Å². The van der Waals surface area contributed by atoms with Crippen molar-refractivity contribution < 1.29 is 33.2 Å². The fourth-order valence-corrected chi connectivity index (χ4v) is 5.09. The summed E-state index contributed by atoms with van der Waals surface area (Å²) < 4.78 is 33.8. The maximum Gasteiger partial charge on any atom is 0.309 e. The Labute approximate surface area is 169 Å². The van der Waals surface area contributed by atoms with Crippen molar-refractivity contribution in [1.82, 2.24) is 0 Å². The Kier molecular flexibility index (Phi) is 4.33. The van der Waals surface area contributed by atoms with Crippen molar-refractivity contribution in [2.45, 2.75) is 18.8 Å². The van der Waals surface area contributed by atoms with Crippen LogP contribution >= 0.6 is 0 Å². The molecule has 0 bridgehead atoms. The zero-order chi connectivity index (χ0) is 20.1. The first kappa shape index (κ1) is 18.2. The zero-order valence-corrected chi connectivity index (χ0v) is 16.7. The minimum atomic E-state index is -0.179. The van der Waals surface area contributed by atoms with E-state index in [1.54, 1.807) is 21.3 Å². The normalized spacial score (nSPS) is 29.3. The SMILES string of the molecule is COc1cc2c(c(OC)c1OC)C1C=C3OCOC3=CC1C[C@@H]1COC(=O)[C@H]1C2. The van der Waals surface area contributed by atoms with Crippen molar-refractivity contribution in [3.8, 4) is 17.2 Å². The molecule has 1 aromatic carbocycles. The summed E-state index contributed by atoms with van der Waals surface area (Å²) in [5.41, 5.74) is 2.02. The van der Waals surface area contributed by atoms with Crippen molar-refractivity contribution in [3.63, 3.8) is 0 Å². The molecule has 2 fully saturated rings. The van der Waals surface area contributed by atoms with Gasteiger partial charge in [-0.05, 0) is 42.5 Å². The molecule has 154 valence electrons. The summed E-state index contributed by atoms with van der Waals surface area (Å²) in [5, 5.41) is 0. The third-order valence-electron chi connectivity index (χ3n) is 6.44. The van der Waals surface area contributed by atoms with E-state index in [0.717, 1.165) is 29.1 Å². The number of cyclic esters (lactones) is 1. The summed E-state index contributed by atoms with van der Waals surface area (Å²) in [6, 6.07) is 1.96. The first-order chi connectivity index (χ1) is 14.1. The highest BCUT2D eigenvalue weighted by molar-refractivity contribution is 5.76. The van der Waals surface area contributed by atoms with E-state index in [9.17, 15) is 4.79 Å². The second-order valence-electron chi connectivity index (χ2n) is 7.81. The third-order valence-corrected chi connectivity index (χ3v) is 6.44. The van der Waals surface area contributed by atoms with Gasteiger partial charge in [-0.25, -0.2) is 0 Å². The molecular formula is C22H24O7. The van der Waals surface area contributed by atoms with E-state index >= 15 is 0 Å². The molecule has 2 unspecified atom stereocenters. The van der Waals surface area contributed by atoms with Gasteiger partial charge < -0.3 is 28.4 Å². The van der Waals surface area contributed by atoms with Crippen molar-refractivity contribution >= 4 is 5.97 Å². The minimum absolute atomic E-state index is 0.0110. The summed E-state index contributed by atoms with van der Waals surface area (Å²) in [4.78, 5) is 12.5. The van der Waals surface area contributed by atoms with Gasteiger partial charge in [-0.1, -0.05) is 0 Å². The fraction of sp³-hybridized carbons (Fsp3) is 0.500. The average molecular weight is 400 g/mol. The predicted molar refractivity (Wildman–Crippen MR) is 102 cm³/mol. The van der Waals surface area contributed by atoms with Crippen LogP contribution in [0.25, 0.3) is 0 Å². The molecule has 7 nitrogen and oxygen atoms in total. The molecule has 4 atom stereocenters. The average Bonchev–Trinajstić information content (AvgIpc) is 3.31. The smallest absolute Gasteiger partial charge is 0.309 e. The topological polar surface area (TPSA) is 72.5 Å². The van der Waals surface area contributed by atoms with Crippen molar-refractivity contribution in [1.29, 1.82) is 0 Å². The molecule has 5 rings (SSSR count). The van der Waals surface area contributed by atoms with E-state index in [4.69, 9.17) is 28.4 Å². The molecule has 29 heavy (non-hydrogen) atoms. The Hall–Kier alpha value is -2.83. The second kappa shape index (κ2) is 6.90. The molecule has 4 aliphatic rings. The first-order valence-corrected chi connectivity index (χ1v) is 9.82. The van der Waals surface area contributed by atoms with Gasteiger partial charge in [0.1, 0.15) is 0 Å². The number of carbonyl (C=O) groups excluding carboxylic acids is 1. The molecule has 2 aliphatic heterocycles. The minimum Gasteiger partial charge on any atom is -0.493 e. The van der Waals surface area contributed by atoms with Crippen LogP contribution in [0.1, 0.15) is 23.5 Å². The van der Waals surface area contributed by atoms with Crippen LogP contribution in [0.3, 0.4) is 0 Å². The largest absolute Gasteiger partial charge is 0.493 e. The van der Waals surface area contributed by atoms with E-state index in [2.05, 4.69) is 12.2 Å². The molecule has 0 aromatic heterocycles. The number of hydrogen-bond acceptors (Lipinski definition) is 7. The molecule has 2 heterocycles. The molecular weight excluding hydrogens is 376 g/mol. The Balaban J connectivity index is 1.74. The summed E-state index contributed by atoms with van der Waals surface area (Å²) in [6.45, 7) is 0.685. The number of carbonyl (C=O) groups is 1. The molecule has 2 aliphatic carbocycles. The summed E-state index contributed by atoms with van der Waals surface area (Å²) >= 11 is 0. The van der Waals surface area contributed by atoms with Gasteiger partial charge >= 0.3 is 5.97 Å². The molecule has 7 heteroatoms. The van der Waals surface area contributed by atoms with Crippen molar-refractivity contribution in [3.05, 3.63) is 40.9 Å². The Morgan fingerprint density at radius 3 is 2.45 bits per heavy atom. The van der Waals surface area contributed by atoms with Gasteiger partial charge in [-0.3, -0.25) is 4.79 Å². The molecule has 0 amide bonds. The van der Waals surface area contributed by atoms with E-state index in [1.807, 2.05) is 6.07 Å². The third kappa shape index (κ3) is 2.74. The van der Waals surface area contributed by atoms with Crippen LogP contribution in [0, 0.1) is 17.8 Å². The lowest BCUT2D eigenvalue weighted by Crippen LogP contribution is -2.28. The summed E-state index contributed by atoms with van der Waals surface area (Å²) in [6.07, 6.45) is 5.64. The Bertz CT molecular complexity index is 916. The van der Waals surface area contributed by atoms with Gasteiger partial charge in [-0.2, -0.15) is 0 Å². The van der Waals surface area contributed by atoms with Gasteiger partial charge in [0, 0.05) is 17.4 Å². The van der Waals surface area contributed by atoms with E-state index in [1.165, 1.54) is 0 Å². The lowest BCUT2D eigenvalue weighted by Gasteiger charge is -2.34. The van der Waals surface area contributed by atoms with Gasteiger partial charge in [0.05, 0.1) is 33.9 Å². The number of esters is 1. The number of fused-ring (bicyclic) bond motifs is 5. The van der Waals surface area contributed by atoms with Crippen LogP contribution in [-0.4, -0.2) is 40.7 Å². The number of ether oxygens (including phenoxy) is 6. The van der Waals surface area contributed by atoms with Gasteiger partial charge in [-0.15, -0.1) is 0 Å². The predicted octanol–water partition coefficient (Wildman–Crippen LogP) is 2.93. The number of hydrogen-bond donors (Lipinski definition) is 0. The highest BCUT2D eigenvalue weighted by Gasteiger charge is 2.45. The van der Waals surface area contributed by atoms with Gasteiger partial charge in [0.2, 0.25) is 12.5 Å². The summed E-state index contributed by atoms with van der Waals surface area (Å²) in [5.74, 6) is 3.29. The highest BCUT2D eigenvalue weighted by Crippen LogP contribution is 2.53. The number of benzene rings is 1. The summed E-state index contributed by atoms with van der Waals surface area (Å²) in [7, 11) is 4.83. The fourth-order valence-electron chi connectivity index (χ4n) is 5.09. The molecule has 0 spiro atoms. The number of methoxy groups -OCH3 is 3. The van der Waals surface area contributed by atoms with Crippen LogP contribution in [0.4, 0.5) is 0 Å². The maximum atomic E-state index is 12.5. The monoisotopic (exact) mass is 400 g/mol. The standard InChI is InChI=1S/C22H24O7/c1-24-18-7-12-5-15-13(9-27-22(15)23)4-11-6-16-17(29-10-28-16)8-14(11)19(12)21(26-3)20(18)25-2/h6-8,11,13-15H,4-5,9-10H2,1-3H3/t11?,13-,14?,15+/m1/s1. The lowest BCUT2D eigenvalue weighted by atomic mass is 9.69. The molecule has 0 saturated carbocycles. The van der Waals surface area contributed by atoms with Crippen LogP contribution < -0.4 is 14.2 Å². The molecule has 0 radical (unpaired) electrons. The second-order valence-corrected chi connectivity index (χ2v) is 7.81.